The molecule has 0 saturated heterocycles. The fourth-order valence-electron chi connectivity index (χ4n) is 1.88. The van der Waals surface area contributed by atoms with E-state index < -0.39 is 0 Å². The Morgan fingerprint density at radius 3 is 2.57 bits per heavy atom. The number of halogens is 1. The quantitative estimate of drug-likeness (QED) is 0.866. The van der Waals surface area contributed by atoms with E-state index in [0.717, 1.165) is 5.56 Å². The van der Waals surface area contributed by atoms with Crippen LogP contribution in [0.25, 0.3) is 0 Å². The van der Waals surface area contributed by atoms with Crippen LogP contribution in [-0.2, 0) is 6.42 Å². The van der Waals surface area contributed by atoms with Crippen molar-refractivity contribution in [1.82, 2.24) is 5.32 Å². The number of carbonyl (C=O) groups excluding carboxylic acids is 1. The molecule has 1 N–H and O–H groups in total. The van der Waals surface area contributed by atoms with Gasteiger partial charge in [0.05, 0.1) is 14.2 Å². The van der Waals surface area contributed by atoms with Gasteiger partial charge in [0.25, 0.3) is 5.91 Å². The zero-order valence-corrected chi connectivity index (χ0v) is 13.4. The van der Waals surface area contributed by atoms with Gasteiger partial charge in [0, 0.05) is 6.54 Å². The molecular weight excluding hydrogens is 338 g/mol. The maximum absolute atomic E-state index is 11.8. The number of hydrogen-bond donors (Lipinski definition) is 1. The Morgan fingerprint density at radius 2 is 1.95 bits per heavy atom. The Labute approximate surface area is 131 Å². The molecule has 0 aliphatic rings. The predicted molar refractivity (Wildman–Crippen MR) is 82.0 cm³/mol. The molecule has 2 aromatic rings. The lowest BCUT2D eigenvalue weighted by Crippen LogP contribution is -2.25. The van der Waals surface area contributed by atoms with Gasteiger partial charge in [-0.2, -0.15) is 0 Å². The van der Waals surface area contributed by atoms with Gasteiger partial charge in [0.1, 0.15) is 0 Å². The molecule has 1 heterocycles. The first-order valence-electron chi connectivity index (χ1n) is 6.38. The molecule has 1 amide bonds. The van der Waals surface area contributed by atoms with Gasteiger partial charge in [0.2, 0.25) is 0 Å². The molecule has 0 fully saturated rings. The van der Waals surface area contributed by atoms with Gasteiger partial charge in [-0.1, -0.05) is 6.07 Å². The molecule has 5 nitrogen and oxygen atoms in total. The Balaban J connectivity index is 1.90. The predicted octanol–water partition coefficient (Wildman–Crippen LogP) is 3.03. The summed E-state index contributed by atoms with van der Waals surface area (Å²) < 4.78 is 16.1. The van der Waals surface area contributed by atoms with E-state index in [2.05, 4.69) is 21.2 Å². The molecule has 0 bridgehead atoms. The maximum atomic E-state index is 11.8. The van der Waals surface area contributed by atoms with Crippen molar-refractivity contribution in [3.63, 3.8) is 0 Å². The van der Waals surface area contributed by atoms with Crippen LogP contribution >= 0.6 is 15.9 Å². The molecule has 0 radical (unpaired) electrons. The summed E-state index contributed by atoms with van der Waals surface area (Å²) in [5.74, 6) is 1.41. The van der Waals surface area contributed by atoms with Crippen LogP contribution < -0.4 is 14.8 Å². The van der Waals surface area contributed by atoms with Crippen molar-refractivity contribution in [2.75, 3.05) is 20.8 Å². The summed E-state index contributed by atoms with van der Waals surface area (Å²) in [6.07, 6.45) is 0.688. The molecule has 112 valence electrons. The van der Waals surface area contributed by atoms with E-state index >= 15 is 0 Å². The maximum Gasteiger partial charge on any atom is 0.287 e. The van der Waals surface area contributed by atoms with Crippen LogP contribution in [0.15, 0.2) is 39.4 Å². The molecule has 6 heteroatoms. The molecule has 0 aliphatic heterocycles. The highest BCUT2D eigenvalue weighted by atomic mass is 79.9. The van der Waals surface area contributed by atoms with Crippen molar-refractivity contribution in [1.29, 1.82) is 0 Å². The lowest BCUT2D eigenvalue weighted by atomic mass is 10.1. The average molecular weight is 354 g/mol. The zero-order valence-electron chi connectivity index (χ0n) is 11.8. The van der Waals surface area contributed by atoms with Crippen molar-refractivity contribution in [2.24, 2.45) is 0 Å². The van der Waals surface area contributed by atoms with E-state index in [9.17, 15) is 4.79 Å². The minimum absolute atomic E-state index is 0.235. The monoisotopic (exact) mass is 353 g/mol. The number of benzene rings is 1. The van der Waals surface area contributed by atoms with Gasteiger partial charge < -0.3 is 19.2 Å². The van der Waals surface area contributed by atoms with Crippen LogP contribution in [0.2, 0.25) is 0 Å². The molecule has 0 saturated carbocycles. The van der Waals surface area contributed by atoms with Crippen molar-refractivity contribution < 1.29 is 18.7 Å². The number of furan rings is 1. The molecule has 0 spiro atoms. The summed E-state index contributed by atoms with van der Waals surface area (Å²) >= 11 is 3.16. The topological polar surface area (TPSA) is 60.7 Å². The minimum atomic E-state index is -0.235. The summed E-state index contributed by atoms with van der Waals surface area (Å²) in [4.78, 5) is 11.8. The second-order valence-corrected chi connectivity index (χ2v) is 5.08. The molecule has 0 atom stereocenters. The van der Waals surface area contributed by atoms with Crippen molar-refractivity contribution in [2.45, 2.75) is 6.42 Å². The van der Waals surface area contributed by atoms with Crippen molar-refractivity contribution in [3.05, 3.63) is 46.3 Å². The number of amides is 1. The van der Waals surface area contributed by atoms with Gasteiger partial charge in [0.15, 0.2) is 21.9 Å². The number of hydrogen-bond acceptors (Lipinski definition) is 4. The van der Waals surface area contributed by atoms with E-state index in [1.165, 1.54) is 0 Å². The van der Waals surface area contributed by atoms with E-state index in [-0.39, 0.29) is 11.7 Å². The number of rotatable bonds is 6. The fourth-order valence-corrected chi connectivity index (χ4v) is 2.19. The van der Waals surface area contributed by atoms with Gasteiger partial charge in [-0.25, -0.2) is 0 Å². The lowest BCUT2D eigenvalue weighted by molar-refractivity contribution is 0.0925. The molecule has 1 aromatic heterocycles. The SMILES string of the molecule is COc1ccc(CCNC(=O)c2ccc(Br)o2)cc1OC. The largest absolute Gasteiger partial charge is 0.493 e. The third-order valence-corrected chi connectivity index (χ3v) is 3.37. The van der Waals surface area contributed by atoms with E-state index in [1.807, 2.05) is 18.2 Å². The first kappa shape index (κ1) is 15.4. The summed E-state index contributed by atoms with van der Waals surface area (Å²) in [6, 6.07) is 8.99. The Hall–Kier alpha value is -1.95. The normalized spacial score (nSPS) is 10.2. The number of ether oxygens (including phenoxy) is 2. The highest BCUT2D eigenvalue weighted by Crippen LogP contribution is 2.27. The summed E-state index contributed by atoms with van der Waals surface area (Å²) in [7, 11) is 3.19. The van der Waals surface area contributed by atoms with Crippen LogP contribution in [-0.4, -0.2) is 26.7 Å². The van der Waals surface area contributed by atoms with Crippen LogP contribution in [0.4, 0.5) is 0 Å². The average Bonchev–Trinajstić information content (AvgIpc) is 2.93. The highest BCUT2D eigenvalue weighted by Gasteiger charge is 2.10. The van der Waals surface area contributed by atoms with Crippen molar-refractivity contribution >= 4 is 21.8 Å². The lowest BCUT2D eigenvalue weighted by Gasteiger charge is -2.09. The molecule has 0 aliphatic carbocycles. The van der Waals surface area contributed by atoms with Crippen LogP contribution in [0, 0.1) is 0 Å². The third-order valence-electron chi connectivity index (χ3n) is 2.94. The third kappa shape index (κ3) is 4.01. The smallest absolute Gasteiger partial charge is 0.287 e. The molecule has 1 aromatic carbocycles. The second-order valence-electron chi connectivity index (χ2n) is 4.30. The van der Waals surface area contributed by atoms with Crippen LogP contribution in [0.5, 0.6) is 11.5 Å². The van der Waals surface area contributed by atoms with Crippen LogP contribution in [0.3, 0.4) is 0 Å². The van der Waals surface area contributed by atoms with E-state index in [0.29, 0.717) is 29.1 Å². The molecular formula is C15H16BrNO4. The zero-order chi connectivity index (χ0) is 15.2. The molecule has 21 heavy (non-hydrogen) atoms. The molecule has 0 unspecified atom stereocenters. The minimum Gasteiger partial charge on any atom is -0.493 e. The van der Waals surface area contributed by atoms with Gasteiger partial charge in [-0.15, -0.1) is 0 Å². The standard InChI is InChI=1S/C15H16BrNO4/c1-19-11-4-3-10(9-13(11)20-2)7-8-17-15(18)12-5-6-14(16)21-12/h3-6,9H,7-8H2,1-2H3,(H,17,18). The summed E-state index contributed by atoms with van der Waals surface area (Å²) in [6.45, 7) is 0.507. The Morgan fingerprint density at radius 1 is 1.19 bits per heavy atom. The first-order valence-corrected chi connectivity index (χ1v) is 7.17. The highest BCUT2D eigenvalue weighted by molar-refractivity contribution is 9.10. The van der Waals surface area contributed by atoms with Crippen molar-refractivity contribution in [3.8, 4) is 11.5 Å². The summed E-state index contributed by atoms with van der Waals surface area (Å²) in [5.41, 5.74) is 1.05. The number of methoxy groups -OCH3 is 2. The second kappa shape index (κ2) is 7.17. The molecule has 2 rings (SSSR count). The van der Waals surface area contributed by atoms with Gasteiger partial charge >= 0.3 is 0 Å². The first-order chi connectivity index (χ1) is 10.1. The Kier molecular flexibility index (Phi) is 5.27. The fraction of sp³-hybridized carbons (Fsp3) is 0.267. The Bertz CT molecular complexity index is 624. The van der Waals surface area contributed by atoms with E-state index in [1.54, 1.807) is 26.4 Å². The number of nitrogens with one attached hydrogen (secondary N) is 1. The van der Waals surface area contributed by atoms with Gasteiger partial charge in [-0.3, -0.25) is 4.79 Å². The van der Waals surface area contributed by atoms with E-state index in [4.69, 9.17) is 13.9 Å². The summed E-state index contributed by atoms with van der Waals surface area (Å²) in [5, 5.41) is 2.80. The number of carbonyl (C=O) groups is 1. The van der Waals surface area contributed by atoms with Crippen LogP contribution in [0.1, 0.15) is 16.1 Å². The van der Waals surface area contributed by atoms with Gasteiger partial charge in [-0.05, 0) is 52.2 Å².